The Bertz CT molecular complexity index is 645. The van der Waals surface area contributed by atoms with Crippen molar-refractivity contribution in [2.24, 2.45) is 0 Å². The average molecular weight is 300 g/mol. The number of nitrogens with zero attached hydrogens (tertiary/aromatic N) is 1. The Morgan fingerprint density at radius 3 is 2.82 bits per heavy atom. The van der Waals surface area contributed by atoms with Crippen molar-refractivity contribution in [2.75, 3.05) is 6.61 Å². The van der Waals surface area contributed by atoms with E-state index in [4.69, 9.17) is 9.26 Å². The van der Waals surface area contributed by atoms with E-state index in [1.54, 1.807) is 6.92 Å². The fourth-order valence-electron chi connectivity index (χ4n) is 2.80. The Hall–Kier alpha value is -2.14. The fraction of sp³-hybridized carbons (Fsp3) is 0.412. The standard InChI is InChI=1S/C17H20N2O3/c1-11(14-9-6-10-21-14)18-17(20)15-12(2)22-19-16(15)13-7-4-3-5-8-13/h3-5,7-8,11,14H,6,9-10H2,1-2H3,(H,18,20)/t11-,14+/m0/s1. The molecule has 1 aliphatic heterocycles. The molecule has 0 unspecified atom stereocenters. The smallest absolute Gasteiger partial charge is 0.257 e. The number of hydrogen-bond donors (Lipinski definition) is 1. The quantitative estimate of drug-likeness (QED) is 0.943. The summed E-state index contributed by atoms with van der Waals surface area (Å²) in [6, 6.07) is 9.55. The predicted octanol–water partition coefficient (Wildman–Crippen LogP) is 2.95. The summed E-state index contributed by atoms with van der Waals surface area (Å²) in [6.45, 7) is 4.50. The molecule has 3 rings (SSSR count). The van der Waals surface area contributed by atoms with E-state index in [1.165, 1.54) is 0 Å². The highest BCUT2D eigenvalue weighted by molar-refractivity contribution is 6.00. The summed E-state index contributed by atoms with van der Waals surface area (Å²) in [5.74, 6) is 0.358. The van der Waals surface area contributed by atoms with E-state index in [2.05, 4.69) is 10.5 Å². The zero-order chi connectivity index (χ0) is 15.5. The fourth-order valence-corrected chi connectivity index (χ4v) is 2.80. The number of carbonyl (C=O) groups excluding carboxylic acids is 1. The summed E-state index contributed by atoms with van der Waals surface area (Å²) in [5.41, 5.74) is 1.94. The number of rotatable bonds is 4. The summed E-state index contributed by atoms with van der Waals surface area (Å²) >= 11 is 0. The molecule has 1 amide bonds. The number of benzene rings is 1. The number of amides is 1. The first-order chi connectivity index (χ1) is 10.7. The van der Waals surface area contributed by atoms with Crippen molar-refractivity contribution < 1.29 is 14.1 Å². The maximum Gasteiger partial charge on any atom is 0.257 e. The van der Waals surface area contributed by atoms with Gasteiger partial charge < -0.3 is 14.6 Å². The Morgan fingerprint density at radius 1 is 1.36 bits per heavy atom. The van der Waals surface area contributed by atoms with E-state index >= 15 is 0 Å². The van der Waals surface area contributed by atoms with Crippen LogP contribution in [0, 0.1) is 6.92 Å². The number of aromatic nitrogens is 1. The van der Waals surface area contributed by atoms with Gasteiger partial charge in [0.1, 0.15) is 17.0 Å². The second kappa shape index (κ2) is 6.32. The van der Waals surface area contributed by atoms with Gasteiger partial charge in [-0.3, -0.25) is 4.79 Å². The molecular formula is C17H20N2O3. The highest BCUT2D eigenvalue weighted by Gasteiger charge is 2.27. The van der Waals surface area contributed by atoms with Gasteiger partial charge in [0.25, 0.3) is 5.91 Å². The molecule has 1 fully saturated rings. The lowest BCUT2D eigenvalue weighted by Gasteiger charge is -2.19. The zero-order valence-electron chi connectivity index (χ0n) is 12.8. The Morgan fingerprint density at radius 2 is 2.14 bits per heavy atom. The van der Waals surface area contributed by atoms with Gasteiger partial charge in [-0.05, 0) is 26.7 Å². The maximum absolute atomic E-state index is 12.6. The second-order valence-corrected chi connectivity index (χ2v) is 5.64. The minimum absolute atomic E-state index is 0.0343. The first-order valence-corrected chi connectivity index (χ1v) is 7.61. The van der Waals surface area contributed by atoms with Gasteiger partial charge in [-0.25, -0.2) is 0 Å². The SMILES string of the molecule is Cc1onc(-c2ccccc2)c1C(=O)N[C@@H](C)[C@H]1CCCO1. The molecule has 1 aliphatic rings. The van der Waals surface area contributed by atoms with Crippen molar-refractivity contribution in [2.45, 2.75) is 38.8 Å². The molecule has 0 aliphatic carbocycles. The van der Waals surface area contributed by atoms with Gasteiger partial charge in [-0.15, -0.1) is 0 Å². The molecule has 2 aromatic rings. The van der Waals surface area contributed by atoms with Crippen LogP contribution < -0.4 is 5.32 Å². The normalized spacial score (nSPS) is 19.1. The van der Waals surface area contributed by atoms with Crippen molar-refractivity contribution in [1.82, 2.24) is 10.5 Å². The largest absolute Gasteiger partial charge is 0.376 e. The second-order valence-electron chi connectivity index (χ2n) is 5.64. The number of nitrogens with one attached hydrogen (secondary N) is 1. The maximum atomic E-state index is 12.6. The molecule has 0 spiro atoms. The minimum Gasteiger partial charge on any atom is -0.376 e. The zero-order valence-corrected chi connectivity index (χ0v) is 12.8. The van der Waals surface area contributed by atoms with Gasteiger partial charge in [0.15, 0.2) is 0 Å². The van der Waals surface area contributed by atoms with Crippen LogP contribution in [-0.4, -0.2) is 29.8 Å². The van der Waals surface area contributed by atoms with Crippen molar-refractivity contribution in [1.29, 1.82) is 0 Å². The molecule has 1 aromatic heterocycles. The molecule has 2 heterocycles. The van der Waals surface area contributed by atoms with Crippen LogP contribution in [0.5, 0.6) is 0 Å². The molecule has 1 aromatic carbocycles. The molecule has 0 radical (unpaired) electrons. The number of ether oxygens (including phenoxy) is 1. The van der Waals surface area contributed by atoms with E-state index in [-0.39, 0.29) is 18.1 Å². The molecular weight excluding hydrogens is 280 g/mol. The summed E-state index contributed by atoms with van der Waals surface area (Å²) in [5, 5.41) is 7.06. The van der Waals surface area contributed by atoms with Crippen LogP contribution in [0.25, 0.3) is 11.3 Å². The van der Waals surface area contributed by atoms with Gasteiger partial charge in [0, 0.05) is 12.2 Å². The third-order valence-electron chi connectivity index (χ3n) is 4.02. The van der Waals surface area contributed by atoms with Gasteiger partial charge in [-0.1, -0.05) is 35.5 Å². The highest BCUT2D eigenvalue weighted by atomic mass is 16.5. The number of aryl methyl sites for hydroxylation is 1. The third-order valence-corrected chi connectivity index (χ3v) is 4.02. The van der Waals surface area contributed by atoms with E-state index < -0.39 is 0 Å². The van der Waals surface area contributed by atoms with Crippen LogP contribution in [0.3, 0.4) is 0 Å². The van der Waals surface area contributed by atoms with Crippen LogP contribution in [0.4, 0.5) is 0 Å². The van der Waals surface area contributed by atoms with Crippen molar-refractivity contribution >= 4 is 5.91 Å². The first kappa shape index (κ1) is 14.8. The Labute approximate surface area is 129 Å². The summed E-state index contributed by atoms with van der Waals surface area (Å²) in [6.07, 6.45) is 2.12. The van der Waals surface area contributed by atoms with Gasteiger partial charge in [-0.2, -0.15) is 0 Å². The van der Waals surface area contributed by atoms with E-state index in [9.17, 15) is 4.79 Å². The molecule has 2 atom stereocenters. The highest BCUT2D eigenvalue weighted by Crippen LogP contribution is 2.25. The molecule has 22 heavy (non-hydrogen) atoms. The lowest BCUT2D eigenvalue weighted by molar-refractivity contribution is 0.0712. The molecule has 0 saturated carbocycles. The van der Waals surface area contributed by atoms with Gasteiger partial charge >= 0.3 is 0 Å². The Balaban J connectivity index is 1.82. The lowest BCUT2D eigenvalue weighted by atomic mass is 10.0. The summed E-state index contributed by atoms with van der Waals surface area (Å²) < 4.78 is 10.9. The first-order valence-electron chi connectivity index (χ1n) is 7.61. The lowest BCUT2D eigenvalue weighted by Crippen LogP contribution is -2.41. The molecule has 1 saturated heterocycles. The number of carbonyl (C=O) groups is 1. The molecule has 116 valence electrons. The van der Waals surface area contributed by atoms with Crippen LogP contribution in [0.2, 0.25) is 0 Å². The van der Waals surface area contributed by atoms with E-state index in [1.807, 2.05) is 37.3 Å². The summed E-state index contributed by atoms with van der Waals surface area (Å²) in [7, 11) is 0. The topological polar surface area (TPSA) is 64.4 Å². The average Bonchev–Trinajstić information content (AvgIpc) is 3.17. The van der Waals surface area contributed by atoms with Crippen molar-refractivity contribution in [3.8, 4) is 11.3 Å². The predicted molar refractivity (Wildman–Crippen MR) is 82.6 cm³/mol. The molecule has 5 heteroatoms. The van der Waals surface area contributed by atoms with Crippen LogP contribution in [0.15, 0.2) is 34.9 Å². The van der Waals surface area contributed by atoms with Gasteiger partial charge in [0.2, 0.25) is 0 Å². The molecule has 1 N–H and O–H groups in total. The van der Waals surface area contributed by atoms with Crippen molar-refractivity contribution in [3.05, 3.63) is 41.7 Å². The number of hydrogen-bond acceptors (Lipinski definition) is 4. The van der Waals surface area contributed by atoms with Crippen molar-refractivity contribution in [3.63, 3.8) is 0 Å². The molecule has 5 nitrogen and oxygen atoms in total. The van der Waals surface area contributed by atoms with E-state index in [0.717, 1.165) is 25.0 Å². The van der Waals surface area contributed by atoms with Crippen LogP contribution in [-0.2, 0) is 4.74 Å². The summed E-state index contributed by atoms with van der Waals surface area (Å²) in [4.78, 5) is 12.6. The Kier molecular flexibility index (Phi) is 4.24. The van der Waals surface area contributed by atoms with Gasteiger partial charge in [0.05, 0.1) is 12.1 Å². The minimum atomic E-state index is -0.166. The molecule has 0 bridgehead atoms. The third kappa shape index (κ3) is 2.90. The monoisotopic (exact) mass is 300 g/mol. The van der Waals surface area contributed by atoms with E-state index in [0.29, 0.717) is 17.0 Å². The van der Waals surface area contributed by atoms with Crippen LogP contribution in [0.1, 0.15) is 35.9 Å². The van der Waals surface area contributed by atoms with Crippen LogP contribution >= 0.6 is 0 Å².